The summed E-state index contributed by atoms with van der Waals surface area (Å²) in [4.78, 5) is 15.8. The van der Waals surface area contributed by atoms with Crippen molar-refractivity contribution in [3.05, 3.63) is 82.9 Å². The minimum absolute atomic E-state index is 0.0599. The molecule has 7 nitrogen and oxygen atoms in total. The molecule has 32 heavy (non-hydrogen) atoms. The van der Waals surface area contributed by atoms with Crippen molar-refractivity contribution in [3.63, 3.8) is 0 Å². The summed E-state index contributed by atoms with van der Waals surface area (Å²) in [7, 11) is 0. The van der Waals surface area contributed by atoms with Crippen molar-refractivity contribution in [2.45, 2.75) is 13.2 Å². The van der Waals surface area contributed by atoms with Crippen LogP contribution in [-0.4, -0.2) is 34.3 Å². The Morgan fingerprint density at radius 2 is 1.78 bits per heavy atom. The van der Waals surface area contributed by atoms with Crippen LogP contribution in [0.25, 0.3) is 10.1 Å². The lowest BCUT2D eigenvalue weighted by Crippen LogP contribution is -2.09. The van der Waals surface area contributed by atoms with Crippen LogP contribution in [0.1, 0.15) is 21.5 Å². The predicted octanol–water partition coefficient (Wildman–Crippen LogP) is 4.56. The number of nitrogens with zero attached hydrogens (tertiary/aromatic N) is 1. The Morgan fingerprint density at radius 1 is 1.03 bits per heavy atom. The standard InChI is InChI=1S/C24H22N2O5S/c27-10-9-25-23-21-17(15-32-22(21)20(12-26-23)24(28)29)14-31-19-8-4-7-18(11-19)30-13-16-5-2-1-3-6-16/h1-8,11-12,15,27H,9-10,13-14H2,(H,25,26)(H,28,29). The summed E-state index contributed by atoms with van der Waals surface area (Å²) in [5.41, 5.74) is 2.03. The first-order valence-corrected chi connectivity index (χ1v) is 10.9. The summed E-state index contributed by atoms with van der Waals surface area (Å²) in [5, 5.41) is 24.2. The van der Waals surface area contributed by atoms with Crippen LogP contribution in [0.3, 0.4) is 0 Å². The SMILES string of the molecule is O=C(O)c1cnc(NCCO)c2c(COc3cccc(OCc4ccccc4)c3)csc12. The van der Waals surface area contributed by atoms with Crippen molar-refractivity contribution in [1.29, 1.82) is 0 Å². The van der Waals surface area contributed by atoms with Crippen molar-refractivity contribution >= 4 is 33.2 Å². The molecule has 0 aliphatic carbocycles. The number of carbonyl (C=O) groups is 1. The van der Waals surface area contributed by atoms with Gasteiger partial charge in [-0.15, -0.1) is 11.3 Å². The normalized spacial score (nSPS) is 10.8. The minimum Gasteiger partial charge on any atom is -0.489 e. The number of fused-ring (bicyclic) bond motifs is 1. The Bertz CT molecular complexity index is 1210. The number of aromatic carboxylic acids is 1. The van der Waals surface area contributed by atoms with Gasteiger partial charge in [0.2, 0.25) is 0 Å². The van der Waals surface area contributed by atoms with Gasteiger partial charge in [-0.3, -0.25) is 0 Å². The highest BCUT2D eigenvalue weighted by molar-refractivity contribution is 7.17. The van der Waals surface area contributed by atoms with Crippen LogP contribution in [0, 0.1) is 0 Å². The lowest BCUT2D eigenvalue weighted by molar-refractivity contribution is 0.0699. The average molecular weight is 451 g/mol. The van der Waals surface area contributed by atoms with Crippen molar-refractivity contribution in [1.82, 2.24) is 4.98 Å². The number of anilines is 1. The van der Waals surface area contributed by atoms with E-state index in [0.29, 0.717) is 40.6 Å². The Labute approximate surface area is 188 Å². The maximum Gasteiger partial charge on any atom is 0.338 e. The van der Waals surface area contributed by atoms with Crippen LogP contribution in [0.15, 0.2) is 66.2 Å². The van der Waals surface area contributed by atoms with Crippen molar-refractivity contribution in [2.24, 2.45) is 0 Å². The summed E-state index contributed by atoms with van der Waals surface area (Å²) in [6.45, 7) is 0.949. The fourth-order valence-corrected chi connectivity index (χ4v) is 4.29. The molecule has 3 N–H and O–H groups in total. The number of benzene rings is 2. The van der Waals surface area contributed by atoms with Gasteiger partial charge in [0.1, 0.15) is 30.5 Å². The Kier molecular flexibility index (Phi) is 6.84. The van der Waals surface area contributed by atoms with E-state index in [4.69, 9.17) is 14.6 Å². The largest absolute Gasteiger partial charge is 0.489 e. The zero-order valence-electron chi connectivity index (χ0n) is 17.2. The first kappa shape index (κ1) is 21.6. The summed E-state index contributed by atoms with van der Waals surface area (Å²) in [5.74, 6) is 0.830. The van der Waals surface area contributed by atoms with Gasteiger partial charge in [0, 0.05) is 29.8 Å². The number of aromatic nitrogens is 1. The maximum absolute atomic E-state index is 11.6. The molecular weight excluding hydrogens is 428 g/mol. The van der Waals surface area contributed by atoms with E-state index in [1.165, 1.54) is 17.5 Å². The molecule has 4 aromatic rings. The summed E-state index contributed by atoms with van der Waals surface area (Å²) in [6.07, 6.45) is 1.33. The third-order valence-electron chi connectivity index (χ3n) is 4.75. The van der Waals surface area contributed by atoms with Gasteiger partial charge in [0.25, 0.3) is 0 Å². The van der Waals surface area contributed by atoms with E-state index >= 15 is 0 Å². The van der Waals surface area contributed by atoms with Gasteiger partial charge in [-0.05, 0) is 23.1 Å². The molecule has 0 saturated carbocycles. The van der Waals surface area contributed by atoms with Crippen LogP contribution in [0.5, 0.6) is 11.5 Å². The molecule has 0 radical (unpaired) electrons. The molecule has 0 aliphatic heterocycles. The van der Waals surface area contributed by atoms with Crippen LogP contribution in [-0.2, 0) is 13.2 Å². The molecule has 0 unspecified atom stereocenters. The third-order valence-corrected chi connectivity index (χ3v) is 5.82. The molecule has 0 fully saturated rings. The van der Waals surface area contributed by atoms with E-state index in [0.717, 1.165) is 11.1 Å². The van der Waals surface area contributed by atoms with Gasteiger partial charge in [-0.1, -0.05) is 36.4 Å². The molecule has 0 bridgehead atoms. The Hall–Kier alpha value is -3.62. The average Bonchev–Trinajstić information content (AvgIpc) is 3.25. The predicted molar refractivity (Wildman–Crippen MR) is 124 cm³/mol. The third kappa shape index (κ3) is 4.99. The highest BCUT2D eigenvalue weighted by Crippen LogP contribution is 2.34. The fourth-order valence-electron chi connectivity index (χ4n) is 3.23. The highest BCUT2D eigenvalue weighted by atomic mass is 32.1. The van der Waals surface area contributed by atoms with E-state index in [1.807, 2.05) is 60.0 Å². The summed E-state index contributed by atoms with van der Waals surface area (Å²) >= 11 is 1.33. The van der Waals surface area contributed by atoms with Gasteiger partial charge < -0.3 is 25.0 Å². The number of hydrogen-bond acceptors (Lipinski definition) is 7. The number of carboxylic acids is 1. The zero-order chi connectivity index (χ0) is 22.3. The number of ether oxygens (including phenoxy) is 2. The Balaban J connectivity index is 1.51. The second-order valence-electron chi connectivity index (χ2n) is 6.98. The lowest BCUT2D eigenvalue weighted by Gasteiger charge is -2.11. The van der Waals surface area contributed by atoms with Crippen LogP contribution in [0.4, 0.5) is 5.82 Å². The molecule has 2 aromatic heterocycles. The smallest absolute Gasteiger partial charge is 0.338 e. The Morgan fingerprint density at radius 3 is 2.50 bits per heavy atom. The number of aliphatic hydroxyl groups is 1. The van der Waals surface area contributed by atoms with Crippen LogP contribution in [0.2, 0.25) is 0 Å². The van der Waals surface area contributed by atoms with E-state index < -0.39 is 5.97 Å². The number of nitrogens with one attached hydrogen (secondary N) is 1. The quantitative estimate of drug-likeness (QED) is 0.326. The first-order valence-electron chi connectivity index (χ1n) is 10.0. The van der Waals surface area contributed by atoms with E-state index in [1.54, 1.807) is 0 Å². The topological polar surface area (TPSA) is 101 Å². The van der Waals surface area contributed by atoms with Gasteiger partial charge in [-0.25, -0.2) is 9.78 Å². The molecule has 0 spiro atoms. The first-order chi connectivity index (χ1) is 15.7. The minimum atomic E-state index is -1.03. The van der Waals surface area contributed by atoms with Gasteiger partial charge in [0.15, 0.2) is 0 Å². The van der Waals surface area contributed by atoms with Crippen LogP contribution >= 0.6 is 11.3 Å². The van der Waals surface area contributed by atoms with Crippen molar-refractivity contribution in [2.75, 3.05) is 18.5 Å². The monoisotopic (exact) mass is 450 g/mol. The molecule has 2 heterocycles. The zero-order valence-corrected chi connectivity index (χ0v) is 18.0. The second-order valence-corrected chi connectivity index (χ2v) is 7.86. The van der Waals surface area contributed by atoms with E-state index in [-0.39, 0.29) is 18.8 Å². The second kappa shape index (κ2) is 10.1. The molecule has 2 aromatic carbocycles. The van der Waals surface area contributed by atoms with E-state index in [9.17, 15) is 9.90 Å². The molecule has 0 atom stereocenters. The number of hydrogen-bond donors (Lipinski definition) is 3. The van der Waals surface area contributed by atoms with Crippen LogP contribution < -0.4 is 14.8 Å². The molecule has 8 heteroatoms. The van der Waals surface area contributed by atoms with Crippen molar-refractivity contribution in [3.8, 4) is 11.5 Å². The summed E-state index contributed by atoms with van der Waals surface area (Å²) in [6, 6.07) is 17.3. The molecule has 0 saturated heterocycles. The molecule has 0 aliphatic rings. The molecular formula is C24H22N2O5S. The fraction of sp³-hybridized carbons (Fsp3) is 0.167. The molecule has 0 amide bonds. The van der Waals surface area contributed by atoms with Gasteiger partial charge >= 0.3 is 5.97 Å². The van der Waals surface area contributed by atoms with Gasteiger partial charge in [-0.2, -0.15) is 0 Å². The number of pyridine rings is 1. The summed E-state index contributed by atoms with van der Waals surface area (Å²) < 4.78 is 12.5. The number of aliphatic hydroxyl groups excluding tert-OH is 1. The number of rotatable bonds is 10. The van der Waals surface area contributed by atoms with Crippen molar-refractivity contribution < 1.29 is 24.5 Å². The van der Waals surface area contributed by atoms with E-state index in [2.05, 4.69) is 10.3 Å². The number of thiophene rings is 1. The number of carboxylic acid groups (broad SMARTS) is 1. The maximum atomic E-state index is 11.6. The lowest BCUT2D eigenvalue weighted by atomic mass is 10.1. The highest BCUT2D eigenvalue weighted by Gasteiger charge is 2.18. The molecule has 164 valence electrons. The molecule has 4 rings (SSSR count). The van der Waals surface area contributed by atoms with Gasteiger partial charge in [0.05, 0.1) is 16.9 Å².